The smallest absolute Gasteiger partial charge is 0.138 e. The summed E-state index contributed by atoms with van der Waals surface area (Å²) in [4.78, 5) is 4.12. The molecule has 4 nitrogen and oxygen atoms in total. The molecule has 0 radical (unpaired) electrons. The molecule has 0 atom stereocenters. The Labute approximate surface area is 84.0 Å². The van der Waals surface area contributed by atoms with Crippen LogP contribution >= 0.6 is 0 Å². The van der Waals surface area contributed by atoms with E-state index < -0.39 is 5.60 Å². The van der Waals surface area contributed by atoms with E-state index in [1.165, 1.54) is 6.33 Å². The fraction of sp³-hybridized carbons (Fsp3) is 0.800. The molecular formula is C10H17N3O. The van der Waals surface area contributed by atoms with E-state index in [2.05, 4.69) is 23.9 Å². The molecule has 1 heterocycles. The minimum atomic E-state index is -0.551. The summed E-state index contributed by atoms with van der Waals surface area (Å²) < 4.78 is 1.73. The van der Waals surface area contributed by atoms with Crippen LogP contribution in [-0.4, -0.2) is 25.5 Å². The molecule has 0 aliphatic heterocycles. The molecule has 1 fully saturated rings. The van der Waals surface area contributed by atoms with Crippen LogP contribution < -0.4 is 0 Å². The molecule has 1 aromatic rings. The van der Waals surface area contributed by atoms with Crippen LogP contribution in [0.4, 0.5) is 0 Å². The van der Waals surface area contributed by atoms with Crippen molar-refractivity contribution in [2.75, 3.05) is 0 Å². The first-order chi connectivity index (χ1) is 6.40. The van der Waals surface area contributed by atoms with Gasteiger partial charge >= 0.3 is 0 Å². The number of rotatable bonds is 2. The van der Waals surface area contributed by atoms with Gasteiger partial charge in [-0.25, -0.2) is 4.98 Å². The van der Waals surface area contributed by atoms with Gasteiger partial charge in [-0.05, 0) is 18.3 Å². The zero-order valence-corrected chi connectivity index (χ0v) is 8.99. The first kappa shape index (κ1) is 9.65. The molecule has 1 N–H and O–H groups in total. The van der Waals surface area contributed by atoms with E-state index in [-0.39, 0.29) is 5.41 Å². The summed E-state index contributed by atoms with van der Waals surface area (Å²) in [5.41, 5.74) is -0.266. The molecule has 1 aliphatic rings. The summed E-state index contributed by atoms with van der Waals surface area (Å²) in [5.74, 6) is 0.864. The number of hydrogen-bond acceptors (Lipinski definition) is 3. The molecule has 1 aromatic heterocycles. The fourth-order valence-corrected chi connectivity index (χ4v) is 2.63. The fourth-order valence-electron chi connectivity index (χ4n) is 2.63. The van der Waals surface area contributed by atoms with Gasteiger partial charge in [0.05, 0.1) is 5.60 Å². The molecule has 0 unspecified atom stereocenters. The first-order valence-corrected chi connectivity index (χ1v) is 4.96. The second-order valence-corrected chi connectivity index (χ2v) is 5.22. The summed E-state index contributed by atoms with van der Waals surface area (Å²) in [7, 11) is 1.86. The molecule has 78 valence electrons. The van der Waals surface area contributed by atoms with Gasteiger partial charge in [0.25, 0.3) is 0 Å². The largest absolute Gasteiger partial charge is 0.389 e. The van der Waals surface area contributed by atoms with Crippen LogP contribution in [0.5, 0.6) is 0 Å². The maximum Gasteiger partial charge on any atom is 0.138 e. The maximum atomic E-state index is 10.2. The van der Waals surface area contributed by atoms with E-state index in [9.17, 15) is 5.11 Å². The van der Waals surface area contributed by atoms with Crippen LogP contribution in [0, 0.1) is 5.41 Å². The highest BCUT2D eigenvalue weighted by atomic mass is 16.3. The number of aryl methyl sites for hydroxylation is 1. The Kier molecular flexibility index (Phi) is 1.93. The van der Waals surface area contributed by atoms with E-state index >= 15 is 0 Å². The second kappa shape index (κ2) is 2.79. The van der Waals surface area contributed by atoms with Gasteiger partial charge in [0.1, 0.15) is 12.2 Å². The quantitative estimate of drug-likeness (QED) is 0.763. The number of aromatic nitrogens is 3. The van der Waals surface area contributed by atoms with Crippen molar-refractivity contribution >= 4 is 0 Å². The summed E-state index contributed by atoms with van der Waals surface area (Å²) in [6, 6.07) is 0. The zero-order valence-electron chi connectivity index (χ0n) is 8.99. The van der Waals surface area contributed by atoms with E-state index in [1.54, 1.807) is 4.68 Å². The molecule has 2 rings (SSSR count). The molecule has 14 heavy (non-hydrogen) atoms. The maximum absolute atomic E-state index is 10.2. The molecule has 0 saturated heterocycles. The Morgan fingerprint density at radius 2 is 2.14 bits per heavy atom. The first-order valence-electron chi connectivity index (χ1n) is 4.96. The van der Waals surface area contributed by atoms with Crippen molar-refractivity contribution < 1.29 is 5.11 Å². The highest BCUT2D eigenvalue weighted by Gasteiger charge is 2.48. The van der Waals surface area contributed by atoms with Gasteiger partial charge in [0.15, 0.2) is 0 Å². The van der Waals surface area contributed by atoms with Crippen molar-refractivity contribution in [2.24, 2.45) is 12.5 Å². The van der Waals surface area contributed by atoms with Gasteiger partial charge in [0.2, 0.25) is 0 Å². The van der Waals surface area contributed by atoms with Crippen LogP contribution in [0.1, 0.15) is 32.5 Å². The third-order valence-electron chi connectivity index (χ3n) is 2.91. The predicted molar refractivity (Wildman–Crippen MR) is 52.7 cm³/mol. The summed E-state index contributed by atoms with van der Waals surface area (Å²) >= 11 is 0. The topological polar surface area (TPSA) is 50.9 Å². The minimum Gasteiger partial charge on any atom is -0.389 e. The Balaban J connectivity index is 2.03. The van der Waals surface area contributed by atoms with Gasteiger partial charge < -0.3 is 5.11 Å². The van der Waals surface area contributed by atoms with Gasteiger partial charge in [-0.3, -0.25) is 4.68 Å². The van der Waals surface area contributed by atoms with Crippen LogP contribution in [0.25, 0.3) is 0 Å². The second-order valence-electron chi connectivity index (χ2n) is 5.22. The zero-order chi connectivity index (χ0) is 10.4. The molecule has 0 spiro atoms. The highest BCUT2D eigenvalue weighted by Crippen LogP contribution is 2.48. The van der Waals surface area contributed by atoms with Crippen molar-refractivity contribution in [3.05, 3.63) is 12.2 Å². The lowest BCUT2D eigenvalue weighted by Gasteiger charge is -2.49. The van der Waals surface area contributed by atoms with Gasteiger partial charge in [-0.15, -0.1) is 0 Å². The summed E-state index contributed by atoms with van der Waals surface area (Å²) in [6.07, 6.45) is 3.86. The molecule has 0 bridgehead atoms. The van der Waals surface area contributed by atoms with Crippen molar-refractivity contribution in [3.63, 3.8) is 0 Å². The van der Waals surface area contributed by atoms with Crippen molar-refractivity contribution in [1.82, 2.24) is 14.8 Å². The molecule has 1 aliphatic carbocycles. The molecule has 1 saturated carbocycles. The normalized spacial score (nSPS) is 23.1. The standard InChI is InChI=1S/C10H17N3O/c1-9(2)5-10(14,6-9)4-8-11-7-12-13(8)3/h7,14H,4-6H2,1-3H3. The number of hydrogen-bond donors (Lipinski definition) is 1. The average Bonchev–Trinajstić information content (AvgIpc) is 2.31. The highest BCUT2D eigenvalue weighted by molar-refractivity contribution is 5.05. The molecular weight excluding hydrogens is 178 g/mol. The SMILES string of the molecule is Cn1ncnc1CC1(O)CC(C)(C)C1. The van der Waals surface area contributed by atoms with Crippen LogP contribution in [-0.2, 0) is 13.5 Å². The Morgan fingerprint density at radius 1 is 1.50 bits per heavy atom. The summed E-state index contributed by atoms with van der Waals surface area (Å²) in [5, 5.41) is 14.2. The number of nitrogens with zero attached hydrogens (tertiary/aromatic N) is 3. The molecule has 4 heteroatoms. The van der Waals surface area contributed by atoms with Gasteiger partial charge in [-0.1, -0.05) is 13.8 Å². The lowest BCUT2D eigenvalue weighted by molar-refractivity contribution is -0.113. The molecule has 0 amide bonds. The van der Waals surface area contributed by atoms with Crippen molar-refractivity contribution in [3.8, 4) is 0 Å². The third kappa shape index (κ3) is 1.66. The van der Waals surface area contributed by atoms with Crippen molar-refractivity contribution in [1.29, 1.82) is 0 Å². The van der Waals surface area contributed by atoms with E-state index in [0.29, 0.717) is 6.42 Å². The minimum absolute atomic E-state index is 0.285. The lowest BCUT2D eigenvalue weighted by atomic mass is 9.60. The Bertz CT molecular complexity index is 335. The molecule has 0 aromatic carbocycles. The average molecular weight is 195 g/mol. The van der Waals surface area contributed by atoms with Gasteiger partial charge in [0, 0.05) is 13.5 Å². The van der Waals surface area contributed by atoms with Crippen LogP contribution in [0.2, 0.25) is 0 Å². The van der Waals surface area contributed by atoms with Crippen molar-refractivity contribution in [2.45, 2.75) is 38.7 Å². The van der Waals surface area contributed by atoms with E-state index in [1.807, 2.05) is 7.05 Å². The lowest BCUT2D eigenvalue weighted by Crippen LogP contribution is -2.50. The third-order valence-corrected chi connectivity index (χ3v) is 2.91. The van der Waals surface area contributed by atoms with E-state index in [0.717, 1.165) is 18.7 Å². The summed E-state index contributed by atoms with van der Waals surface area (Å²) in [6.45, 7) is 4.36. The number of aliphatic hydroxyl groups is 1. The van der Waals surface area contributed by atoms with Gasteiger partial charge in [-0.2, -0.15) is 5.10 Å². The van der Waals surface area contributed by atoms with E-state index in [4.69, 9.17) is 0 Å². The Morgan fingerprint density at radius 3 is 2.57 bits per heavy atom. The predicted octanol–water partition coefficient (Wildman–Crippen LogP) is 0.909. The van der Waals surface area contributed by atoms with Crippen LogP contribution in [0.15, 0.2) is 6.33 Å². The Hall–Kier alpha value is -0.900. The monoisotopic (exact) mass is 195 g/mol. The van der Waals surface area contributed by atoms with Crippen LogP contribution in [0.3, 0.4) is 0 Å².